The molecule has 102 valence electrons. The third-order valence-electron chi connectivity index (χ3n) is 4.30. The zero-order chi connectivity index (χ0) is 13.0. The third-order valence-corrected chi connectivity index (χ3v) is 4.30. The normalized spacial score (nSPS) is 36.2. The molecular formula is C14H29NO2. The summed E-state index contributed by atoms with van der Waals surface area (Å²) in [7, 11) is 3.87. The molecule has 0 spiro atoms. The van der Waals surface area contributed by atoms with Gasteiger partial charge >= 0.3 is 0 Å². The van der Waals surface area contributed by atoms with Crippen LogP contribution in [-0.4, -0.2) is 49.5 Å². The summed E-state index contributed by atoms with van der Waals surface area (Å²) in [5.41, 5.74) is 0. The van der Waals surface area contributed by atoms with Crippen molar-refractivity contribution in [2.75, 3.05) is 27.3 Å². The summed E-state index contributed by atoms with van der Waals surface area (Å²) in [4.78, 5) is 2.31. The fourth-order valence-electron chi connectivity index (χ4n) is 3.05. The van der Waals surface area contributed by atoms with Crippen molar-refractivity contribution in [2.45, 2.75) is 45.8 Å². The number of ether oxygens (including phenoxy) is 1. The molecule has 1 aliphatic carbocycles. The van der Waals surface area contributed by atoms with Crippen molar-refractivity contribution < 1.29 is 9.84 Å². The lowest BCUT2D eigenvalue weighted by Gasteiger charge is -2.40. The highest BCUT2D eigenvalue weighted by Crippen LogP contribution is 2.34. The van der Waals surface area contributed by atoms with Gasteiger partial charge in [0, 0.05) is 25.6 Å². The number of aliphatic hydroxyl groups excluding tert-OH is 1. The molecule has 5 atom stereocenters. The largest absolute Gasteiger partial charge is 0.393 e. The van der Waals surface area contributed by atoms with Gasteiger partial charge in [0.1, 0.15) is 0 Å². The van der Waals surface area contributed by atoms with Crippen LogP contribution in [-0.2, 0) is 4.74 Å². The summed E-state index contributed by atoms with van der Waals surface area (Å²) in [5.74, 6) is 1.69. The number of nitrogens with zero attached hydrogens (tertiary/aromatic N) is 1. The van der Waals surface area contributed by atoms with Gasteiger partial charge in [-0.05, 0) is 38.6 Å². The maximum absolute atomic E-state index is 10.2. The number of rotatable bonds is 5. The molecule has 0 aromatic carbocycles. The minimum atomic E-state index is -0.133. The highest BCUT2D eigenvalue weighted by Gasteiger charge is 2.33. The van der Waals surface area contributed by atoms with E-state index in [-0.39, 0.29) is 6.10 Å². The third kappa shape index (κ3) is 4.23. The first-order valence-corrected chi connectivity index (χ1v) is 6.82. The summed E-state index contributed by atoms with van der Waals surface area (Å²) in [6, 6.07) is 0.416. The number of likely N-dealkylation sites (N-methyl/N-ethyl adjacent to an activating group) is 1. The number of methoxy groups -OCH3 is 1. The Hall–Kier alpha value is -0.120. The lowest BCUT2D eigenvalue weighted by Crippen LogP contribution is -2.44. The van der Waals surface area contributed by atoms with Gasteiger partial charge in [0.05, 0.1) is 12.7 Å². The maximum atomic E-state index is 10.2. The molecular weight excluding hydrogens is 214 g/mol. The van der Waals surface area contributed by atoms with Crippen molar-refractivity contribution in [2.24, 2.45) is 17.8 Å². The Morgan fingerprint density at radius 1 is 1.35 bits per heavy atom. The number of hydrogen-bond acceptors (Lipinski definition) is 3. The van der Waals surface area contributed by atoms with Crippen molar-refractivity contribution in [3.05, 3.63) is 0 Å². The lowest BCUT2D eigenvalue weighted by atomic mass is 9.73. The van der Waals surface area contributed by atoms with Gasteiger partial charge in [-0.15, -0.1) is 0 Å². The zero-order valence-corrected chi connectivity index (χ0v) is 12.0. The Morgan fingerprint density at radius 2 is 2.00 bits per heavy atom. The molecule has 0 aromatic rings. The molecule has 3 heteroatoms. The second-order valence-corrected chi connectivity index (χ2v) is 6.03. The average molecular weight is 243 g/mol. The van der Waals surface area contributed by atoms with Gasteiger partial charge in [0.2, 0.25) is 0 Å². The van der Waals surface area contributed by atoms with Crippen LogP contribution >= 0.6 is 0 Å². The predicted molar refractivity (Wildman–Crippen MR) is 71.0 cm³/mol. The summed E-state index contributed by atoms with van der Waals surface area (Å²) < 4.78 is 5.18. The molecule has 3 nitrogen and oxygen atoms in total. The van der Waals surface area contributed by atoms with Crippen LogP contribution in [0.1, 0.15) is 33.6 Å². The zero-order valence-electron chi connectivity index (χ0n) is 12.0. The summed E-state index contributed by atoms with van der Waals surface area (Å²) in [5, 5.41) is 10.2. The van der Waals surface area contributed by atoms with E-state index in [9.17, 15) is 5.11 Å². The summed E-state index contributed by atoms with van der Waals surface area (Å²) >= 11 is 0. The van der Waals surface area contributed by atoms with Gasteiger partial charge in [0.25, 0.3) is 0 Å². The van der Waals surface area contributed by atoms with Crippen molar-refractivity contribution in [3.8, 4) is 0 Å². The average Bonchev–Trinajstić information content (AvgIpc) is 2.23. The van der Waals surface area contributed by atoms with Gasteiger partial charge in [-0.1, -0.05) is 13.8 Å². The van der Waals surface area contributed by atoms with Crippen LogP contribution in [0.3, 0.4) is 0 Å². The van der Waals surface area contributed by atoms with Crippen LogP contribution in [0.4, 0.5) is 0 Å². The molecule has 1 aliphatic rings. The van der Waals surface area contributed by atoms with Crippen molar-refractivity contribution >= 4 is 0 Å². The number of hydrogen-bond donors (Lipinski definition) is 1. The standard InChI is InChI=1S/C14H29NO2/c1-10-6-11(2)13(14(16)7-10)8-15(4)12(3)9-17-5/h10-14,16H,6-9H2,1-5H3. The second kappa shape index (κ2) is 6.72. The highest BCUT2D eigenvalue weighted by molar-refractivity contribution is 4.85. The Labute approximate surface area is 106 Å². The first kappa shape index (κ1) is 14.9. The van der Waals surface area contributed by atoms with E-state index >= 15 is 0 Å². The number of aliphatic hydroxyl groups is 1. The van der Waals surface area contributed by atoms with Gasteiger partial charge < -0.3 is 14.7 Å². The summed E-state index contributed by atoms with van der Waals surface area (Å²) in [6.07, 6.45) is 2.07. The van der Waals surface area contributed by atoms with Crippen molar-refractivity contribution in [1.82, 2.24) is 4.90 Å². The molecule has 17 heavy (non-hydrogen) atoms. The van der Waals surface area contributed by atoms with E-state index in [1.165, 1.54) is 6.42 Å². The van der Waals surface area contributed by atoms with Crippen LogP contribution in [0.15, 0.2) is 0 Å². The molecule has 0 amide bonds. The van der Waals surface area contributed by atoms with Crippen LogP contribution in [0.5, 0.6) is 0 Å². The Balaban J connectivity index is 2.49. The molecule has 1 saturated carbocycles. The van der Waals surface area contributed by atoms with Gasteiger partial charge in [-0.2, -0.15) is 0 Å². The first-order valence-electron chi connectivity index (χ1n) is 6.82. The molecule has 0 bridgehead atoms. The van der Waals surface area contributed by atoms with E-state index in [1.54, 1.807) is 7.11 Å². The van der Waals surface area contributed by atoms with E-state index in [1.807, 2.05) is 0 Å². The fourth-order valence-corrected chi connectivity index (χ4v) is 3.05. The molecule has 0 aliphatic heterocycles. The van der Waals surface area contributed by atoms with Crippen LogP contribution in [0.2, 0.25) is 0 Å². The summed E-state index contributed by atoms with van der Waals surface area (Å²) in [6.45, 7) is 8.42. The molecule has 1 N–H and O–H groups in total. The van der Waals surface area contributed by atoms with E-state index < -0.39 is 0 Å². The van der Waals surface area contributed by atoms with E-state index in [4.69, 9.17) is 4.74 Å². The maximum Gasteiger partial charge on any atom is 0.0615 e. The van der Waals surface area contributed by atoms with Crippen molar-refractivity contribution in [1.29, 1.82) is 0 Å². The quantitative estimate of drug-likeness (QED) is 0.801. The van der Waals surface area contributed by atoms with Gasteiger partial charge in [-0.3, -0.25) is 0 Å². The second-order valence-electron chi connectivity index (χ2n) is 6.03. The van der Waals surface area contributed by atoms with Crippen LogP contribution in [0.25, 0.3) is 0 Å². The van der Waals surface area contributed by atoms with Crippen LogP contribution in [0, 0.1) is 17.8 Å². The molecule has 5 unspecified atom stereocenters. The minimum Gasteiger partial charge on any atom is -0.393 e. The Bertz CT molecular complexity index is 210. The molecule has 0 heterocycles. The SMILES string of the molecule is COCC(C)N(C)CC1C(C)CC(C)CC1O. The van der Waals surface area contributed by atoms with E-state index in [0.29, 0.717) is 23.8 Å². The minimum absolute atomic E-state index is 0.133. The van der Waals surface area contributed by atoms with E-state index in [0.717, 1.165) is 19.6 Å². The Kier molecular flexibility index (Phi) is 5.90. The first-order chi connectivity index (χ1) is 7.95. The van der Waals surface area contributed by atoms with Gasteiger partial charge in [-0.25, -0.2) is 0 Å². The lowest BCUT2D eigenvalue weighted by molar-refractivity contribution is -0.00861. The molecule has 1 rings (SSSR count). The topological polar surface area (TPSA) is 32.7 Å². The molecule has 0 aromatic heterocycles. The predicted octanol–water partition coefficient (Wildman–Crippen LogP) is 2.00. The smallest absolute Gasteiger partial charge is 0.0615 e. The Morgan fingerprint density at radius 3 is 2.53 bits per heavy atom. The van der Waals surface area contributed by atoms with Crippen molar-refractivity contribution in [3.63, 3.8) is 0 Å². The molecule has 0 radical (unpaired) electrons. The van der Waals surface area contributed by atoms with E-state index in [2.05, 4.69) is 32.7 Å². The van der Waals surface area contributed by atoms with Gasteiger partial charge in [0.15, 0.2) is 0 Å². The highest BCUT2D eigenvalue weighted by atomic mass is 16.5. The van der Waals surface area contributed by atoms with Crippen LogP contribution < -0.4 is 0 Å². The fraction of sp³-hybridized carbons (Fsp3) is 1.00. The molecule has 0 saturated heterocycles. The molecule has 1 fully saturated rings. The monoisotopic (exact) mass is 243 g/mol.